The number of carbonyl (C=O) groups excluding carboxylic acids is 1. The summed E-state index contributed by atoms with van der Waals surface area (Å²) in [6.07, 6.45) is 0. The van der Waals surface area contributed by atoms with E-state index >= 15 is 0 Å². The molecular formula is C22H15ClN2OS. The number of allylic oxidation sites excluding steroid dienone is 1. The maximum atomic E-state index is 13.2. The fourth-order valence-electron chi connectivity index (χ4n) is 2.76. The van der Waals surface area contributed by atoms with E-state index in [4.69, 9.17) is 11.6 Å². The standard InChI is InChI=1S/C22H15ClN2OS/c23-18-14-8-7-13-17(18)21-19(20(26)15-9-3-1-4-10-15)24-22(25-27-21)16-11-5-2-6-12-16/h1-14H,(H,24,25). The van der Waals surface area contributed by atoms with Gasteiger partial charge in [-0.25, -0.2) is 4.99 Å². The lowest BCUT2D eigenvalue weighted by atomic mass is 10.1. The summed E-state index contributed by atoms with van der Waals surface area (Å²) in [6.45, 7) is 0. The molecule has 5 heteroatoms. The van der Waals surface area contributed by atoms with Gasteiger partial charge in [-0.3, -0.25) is 4.79 Å². The van der Waals surface area contributed by atoms with Crippen LogP contribution in [0, 0.1) is 0 Å². The van der Waals surface area contributed by atoms with E-state index < -0.39 is 0 Å². The number of halogens is 1. The molecule has 0 spiro atoms. The first-order chi connectivity index (χ1) is 13.2. The third-order valence-corrected chi connectivity index (χ3v) is 5.35. The number of hydrogen-bond donors (Lipinski definition) is 1. The van der Waals surface area contributed by atoms with Gasteiger partial charge in [-0.05, 0) is 18.0 Å². The first-order valence-corrected chi connectivity index (χ1v) is 9.59. The van der Waals surface area contributed by atoms with E-state index in [1.807, 2.05) is 72.8 Å². The molecule has 3 aromatic rings. The number of hydrogen-bond acceptors (Lipinski definition) is 4. The highest BCUT2D eigenvalue weighted by molar-refractivity contribution is 8.07. The number of Topliss-reactive ketones (excluding diaryl/α,β-unsaturated/α-hetero) is 1. The monoisotopic (exact) mass is 390 g/mol. The van der Waals surface area contributed by atoms with Gasteiger partial charge in [0.1, 0.15) is 11.5 Å². The van der Waals surface area contributed by atoms with Crippen molar-refractivity contribution in [2.45, 2.75) is 0 Å². The molecule has 4 rings (SSSR count). The molecule has 132 valence electrons. The van der Waals surface area contributed by atoms with Crippen LogP contribution >= 0.6 is 23.5 Å². The van der Waals surface area contributed by atoms with Crippen LogP contribution in [-0.4, -0.2) is 11.6 Å². The largest absolute Gasteiger partial charge is 0.310 e. The highest BCUT2D eigenvalue weighted by Gasteiger charge is 2.25. The van der Waals surface area contributed by atoms with E-state index in [2.05, 4.69) is 9.71 Å². The van der Waals surface area contributed by atoms with Gasteiger partial charge in [0.05, 0.1) is 4.91 Å². The Bertz CT molecular complexity index is 1050. The van der Waals surface area contributed by atoms with E-state index in [0.29, 0.717) is 27.0 Å². The average molecular weight is 391 g/mol. The summed E-state index contributed by atoms with van der Waals surface area (Å²) < 4.78 is 3.25. The number of rotatable bonds is 4. The topological polar surface area (TPSA) is 41.5 Å². The molecule has 1 aliphatic rings. The van der Waals surface area contributed by atoms with Crippen molar-refractivity contribution in [2.24, 2.45) is 4.99 Å². The molecule has 0 aromatic heterocycles. The second-order valence-corrected chi connectivity index (χ2v) is 7.11. The zero-order valence-corrected chi connectivity index (χ0v) is 15.8. The highest BCUT2D eigenvalue weighted by atomic mass is 35.5. The molecule has 0 saturated carbocycles. The number of nitrogens with zero attached hydrogens (tertiary/aromatic N) is 1. The molecule has 0 bridgehead atoms. The lowest BCUT2D eigenvalue weighted by Crippen LogP contribution is -2.23. The maximum Gasteiger partial charge on any atom is 0.212 e. The number of nitrogens with one attached hydrogen (secondary N) is 1. The van der Waals surface area contributed by atoms with E-state index in [0.717, 1.165) is 11.1 Å². The molecule has 1 aliphatic heterocycles. The smallest absolute Gasteiger partial charge is 0.212 e. The van der Waals surface area contributed by atoms with E-state index in [9.17, 15) is 4.79 Å². The quantitative estimate of drug-likeness (QED) is 0.466. The van der Waals surface area contributed by atoms with Crippen molar-refractivity contribution in [3.63, 3.8) is 0 Å². The van der Waals surface area contributed by atoms with Crippen molar-refractivity contribution >= 4 is 40.1 Å². The lowest BCUT2D eigenvalue weighted by molar-refractivity contribution is 0.103. The van der Waals surface area contributed by atoms with Crippen molar-refractivity contribution < 1.29 is 4.79 Å². The number of carbonyl (C=O) groups is 1. The van der Waals surface area contributed by atoms with Gasteiger partial charge in [-0.1, -0.05) is 90.5 Å². The van der Waals surface area contributed by atoms with Gasteiger partial charge < -0.3 is 4.72 Å². The SMILES string of the molecule is O=C(C1=C(c2ccccc2Cl)SNC(c2ccccc2)=N1)c1ccccc1. The Hall–Kier alpha value is -2.82. The maximum absolute atomic E-state index is 13.2. The van der Waals surface area contributed by atoms with Crippen LogP contribution in [0.4, 0.5) is 0 Å². The third-order valence-electron chi connectivity index (χ3n) is 4.11. The van der Waals surface area contributed by atoms with E-state index in [1.165, 1.54) is 11.9 Å². The molecule has 0 unspecified atom stereocenters. The Morgan fingerprint density at radius 1 is 0.852 bits per heavy atom. The molecule has 0 aliphatic carbocycles. The summed E-state index contributed by atoms with van der Waals surface area (Å²) in [5.74, 6) is 0.517. The Labute approximate surface area is 166 Å². The number of ketones is 1. The molecule has 0 fully saturated rings. The number of benzene rings is 3. The fourth-order valence-corrected chi connectivity index (χ4v) is 3.93. The van der Waals surface area contributed by atoms with Gasteiger partial charge in [-0.15, -0.1) is 0 Å². The minimum Gasteiger partial charge on any atom is -0.310 e. The van der Waals surface area contributed by atoms with Crippen molar-refractivity contribution in [1.29, 1.82) is 0 Å². The summed E-state index contributed by atoms with van der Waals surface area (Å²) >= 11 is 7.75. The normalized spacial score (nSPS) is 13.7. The Morgan fingerprint density at radius 3 is 2.19 bits per heavy atom. The van der Waals surface area contributed by atoms with Crippen molar-refractivity contribution in [2.75, 3.05) is 0 Å². The van der Waals surface area contributed by atoms with Crippen LogP contribution in [0.2, 0.25) is 5.02 Å². The first kappa shape index (κ1) is 17.6. The van der Waals surface area contributed by atoms with Gasteiger partial charge in [-0.2, -0.15) is 0 Å². The second kappa shape index (κ2) is 7.82. The molecule has 0 saturated heterocycles. The van der Waals surface area contributed by atoms with E-state index in [1.54, 1.807) is 12.1 Å². The van der Waals surface area contributed by atoms with Gasteiger partial charge in [0.15, 0.2) is 0 Å². The molecule has 0 atom stereocenters. The van der Waals surface area contributed by atoms with Crippen LogP contribution in [0.3, 0.4) is 0 Å². The predicted octanol–water partition coefficient (Wildman–Crippen LogP) is 5.59. The Kier molecular flexibility index (Phi) is 5.10. The summed E-state index contributed by atoms with van der Waals surface area (Å²) in [6, 6.07) is 26.4. The summed E-state index contributed by atoms with van der Waals surface area (Å²) in [4.78, 5) is 18.6. The zero-order chi connectivity index (χ0) is 18.6. The average Bonchev–Trinajstić information content (AvgIpc) is 2.74. The second-order valence-electron chi connectivity index (χ2n) is 5.88. The van der Waals surface area contributed by atoms with Crippen LogP contribution in [-0.2, 0) is 0 Å². The lowest BCUT2D eigenvalue weighted by Gasteiger charge is -2.20. The molecule has 27 heavy (non-hydrogen) atoms. The van der Waals surface area contributed by atoms with Gasteiger partial charge in [0.25, 0.3) is 0 Å². The van der Waals surface area contributed by atoms with Crippen LogP contribution in [0.15, 0.2) is 95.6 Å². The molecule has 0 amide bonds. The van der Waals surface area contributed by atoms with Crippen molar-refractivity contribution in [3.8, 4) is 0 Å². The minimum absolute atomic E-state index is 0.132. The number of amidine groups is 1. The molecule has 0 radical (unpaired) electrons. The fraction of sp³-hybridized carbons (Fsp3) is 0. The van der Waals surface area contributed by atoms with Gasteiger partial charge in [0.2, 0.25) is 5.78 Å². The number of aliphatic imine (C=N–C) groups is 1. The van der Waals surface area contributed by atoms with Gasteiger partial charge in [0, 0.05) is 21.7 Å². The molecule has 3 aromatic carbocycles. The summed E-state index contributed by atoms with van der Waals surface area (Å²) in [7, 11) is 0. The summed E-state index contributed by atoms with van der Waals surface area (Å²) in [5.41, 5.74) is 2.68. The first-order valence-electron chi connectivity index (χ1n) is 8.40. The van der Waals surface area contributed by atoms with Crippen LogP contribution in [0.5, 0.6) is 0 Å². The predicted molar refractivity (Wildman–Crippen MR) is 113 cm³/mol. The zero-order valence-electron chi connectivity index (χ0n) is 14.2. The van der Waals surface area contributed by atoms with E-state index in [-0.39, 0.29) is 5.78 Å². The van der Waals surface area contributed by atoms with Gasteiger partial charge >= 0.3 is 0 Å². The molecule has 1 heterocycles. The van der Waals surface area contributed by atoms with Crippen molar-refractivity contribution in [1.82, 2.24) is 4.72 Å². The van der Waals surface area contributed by atoms with Crippen LogP contribution in [0.1, 0.15) is 21.5 Å². The van der Waals surface area contributed by atoms with Crippen molar-refractivity contribution in [3.05, 3.63) is 112 Å². The van der Waals surface area contributed by atoms with Crippen LogP contribution < -0.4 is 4.72 Å². The summed E-state index contributed by atoms with van der Waals surface area (Å²) in [5, 5.41) is 0.582. The highest BCUT2D eigenvalue weighted by Crippen LogP contribution is 2.37. The molecule has 3 nitrogen and oxygen atoms in total. The Morgan fingerprint density at radius 2 is 1.48 bits per heavy atom. The van der Waals surface area contributed by atoms with Crippen LogP contribution in [0.25, 0.3) is 4.91 Å². The minimum atomic E-state index is -0.132. The molecule has 1 N–H and O–H groups in total. The molecular weight excluding hydrogens is 376 g/mol. The third kappa shape index (κ3) is 3.68. The Balaban J connectivity index is 1.88.